The molecule has 2 rings (SSSR count). The molecule has 2 N–H and O–H groups in total. The fourth-order valence-electron chi connectivity index (χ4n) is 2.86. The molecule has 1 unspecified atom stereocenters. The minimum Gasteiger partial charge on any atom is -0.383 e. The molecule has 22 heavy (non-hydrogen) atoms. The summed E-state index contributed by atoms with van der Waals surface area (Å²) in [4.78, 5) is 10.3. The van der Waals surface area contributed by atoms with E-state index in [1.54, 1.807) is 7.11 Å². The fraction of sp³-hybridized carbons (Fsp3) is 1.00. The van der Waals surface area contributed by atoms with E-state index in [-0.39, 0.29) is 43.0 Å². The van der Waals surface area contributed by atoms with E-state index in [0.29, 0.717) is 12.8 Å². The number of rotatable bonds is 7. The summed E-state index contributed by atoms with van der Waals surface area (Å²) in [5.41, 5.74) is 0. The van der Waals surface area contributed by atoms with Crippen LogP contribution < -0.4 is 5.09 Å². The zero-order valence-electron chi connectivity index (χ0n) is 12.9. The molecular weight excluding hydrogens is 323 g/mol. The molecule has 0 aliphatic carbocycles. The number of ether oxygens (including phenoxy) is 3. The van der Waals surface area contributed by atoms with E-state index in [0.717, 1.165) is 6.42 Å². The predicted octanol–water partition coefficient (Wildman–Crippen LogP) is 0.170. The monoisotopic (exact) mass is 345 g/mol. The fourth-order valence-corrected chi connectivity index (χ4v) is 4.56. The lowest BCUT2D eigenvalue weighted by molar-refractivity contribution is -0.0152. The molecule has 0 saturated carbocycles. The average Bonchev–Trinajstić information content (AvgIpc) is 2.98. The van der Waals surface area contributed by atoms with Gasteiger partial charge in [-0.1, -0.05) is 6.92 Å². The maximum atomic E-state index is 10.3. The molecular formula is C12H22B2NO5PS. The largest absolute Gasteiger partial charge is 0.383 e. The van der Waals surface area contributed by atoms with E-state index in [4.69, 9.17) is 46.2 Å². The molecule has 2 aliphatic heterocycles. The number of nitrogens with one attached hydrogen (secondary N) is 1. The molecule has 2 saturated heterocycles. The highest BCUT2D eigenvalue weighted by Crippen LogP contribution is 2.41. The lowest BCUT2D eigenvalue weighted by atomic mass is 9.95. The molecule has 0 spiro atoms. The smallest absolute Gasteiger partial charge is 0.259 e. The number of methoxy groups -OCH3 is 1. The van der Waals surface area contributed by atoms with E-state index in [1.165, 1.54) is 0 Å². The van der Waals surface area contributed by atoms with Crippen LogP contribution in [0.3, 0.4) is 0 Å². The summed E-state index contributed by atoms with van der Waals surface area (Å²) in [6.45, 7) is -1.03. The Hall–Kier alpha value is 0.540. The van der Waals surface area contributed by atoms with Crippen LogP contribution in [0.2, 0.25) is 0 Å². The van der Waals surface area contributed by atoms with Crippen molar-refractivity contribution >= 4 is 34.1 Å². The van der Waals surface area contributed by atoms with E-state index in [1.807, 2.05) is 6.92 Å². The highest BCUT2D eigenvalue weighted by atomic mass is 32.5. The summed E-state index contributed by atoms with van der Waals surface area (Å²) < 4.78 is 21.9. The molecule has 10 heteroatoms. The van der Waals surface area contributed by atoms with Crippen molar-refractivity contribution < 1.29 is 23.6 Å². The van der Waals surface area contributed by atoms with Gasteiger partial charge in [0.05, 0.1) is 18.8 Å². The van der Waals surface area contributed by atoms with E-state index >= 15 is 0 Å². The molecule has 0 amide bonds. The molecule has 6 nitrogen and oxygen atoms in total. The SMILES string of the molecule is [B][C@H]1C[C@@H](NP(O)(=S)OC[C@H]2O[C@@H]([B])C[C@H]2OC)[C@@H](CC)O1. The topological polar surface area (TPSA) is 69.2 Å². The number of hydrogen-bond acceptors (Lipinski definition) is 5. The second kappa shape index (κ2) is 8.08. The molecule has 7 atom stereocenters. The molecule has 0 aromatic heterocycles. The van der Waals surface area contributed by atoms with Crippen molar-refractivity contribution in [1.82, 2.24) is 5.09 Å². The van der Waals surface area contributed by atoms with Crippen molar-refractivity contribution in [1.29, 1.82) is 0 Å². The zero-order valence-corrected chi connectivity index (χ0v) is 14.6. The highest BCUT2D eigenvalue weighted by molar-refractivity contribution is 8.08. The molecule has 0 bridgehead atoms. The highest BCUT2D eigenvalue weighted by Gasteiger charge is 2.37. The van der Waals surface area contributed by atoms with Gasteiger partial charge in [-0.15, -0.1) is 0 Å². The summed E-state index contributed by atoms with van der Waals surface area (Å²) in [5.74, 6) is 0. The quantitative estimate of drug-likeness (QED) is 0.504. The van der Waals surface area contributed by atoms with Gasteiger partial charge in [-0.05, 0) is 31.1 Å². The van der Waals surface area contributed by atoms with Crippen LogP contribution in [-0.2, 0) is 30.5 Å². The van der Waals surface area contributed by atoms with Crippen molar-refractivity contribution in [2.24, 2.45) is 0 Å². The third-order valence-corrected chi connectivity index (χ3v) is 5.75. The summed E-state index contributed by atoms with van der Waals surface area (Å²) in [5, 5.41) is 2.98. The first-order valence-electron chi connectivity index (χ1n) is 7.44. The van der Waals surface area contributed by atoms with Gasteiger partial charge < -0.3 is 23.6 Å². The van der Waals surface area contributed by atoms with Gasteiger partial charge in [0.1, 0.15) is 21.8 Å². The first-order valence-corrected chi connectivity index (χ1v) is 10.1. The molecule has 2 aliphatic rings. The van der Waals surface area contributed by atoms with Gasteiger partial charge in [-0.25, -0.2) is 5.09 Å². The Morgan fingerprint density at radius 3 is 2.55 bits per heavy atom. The Morgan fingerprint density at radius 2 is 1.91 bits per heavy atom. The summed E-state index contributed by atoms with van der Waals surface area (Å²) >= 11 is 5.17. The van der Waals surface area contributed by atoms with Gasteiger partial charge in [0.25, 0.3) is 6.64 Å². The van der Waals surface area contributed by atoms with Gasteiger partial charge in [0.2, 0.25) is 0 Å². The van der Waals surface area contributed by atoms with Gasteiger partial charge >= 0.3 is 0 Å². The lowest BCUT2D eigenvalue weighted by Crippen LogP contribution is -2.35. The Bertz CT molecular complexity index is 421. The van der Waals surface area contributed by atoms with Crippen LogP contribution in [0.4, 0.5) is 0 Å². The molecule has 2 fully saturated rings. The van der Waals surface area contributed by atoms with Crippen molar-refractivity contribution in [3.8, 4) is 0 Å². The Kier molecular flexibility index (Phi) is 6.93. The summed E-state index contributed by atoms with van der Waals surface area (Å²) in [6, 6.07) is -0.832. The Morgan fingerprint density at radius 1 is 1.27 bits per heavy atom. The van der Waals surface area contributed by atoms with Crippen molar-refractivity contribution in [3.05, 3.63) is 0 Å². The van der Waals surface area contributed by atoms with E-state index in [2.05, 4.69) is 5.09 Å². The second-order valence-electron chi connectivity index (χ2n) is 5.63. The second-order valence-corrected chi connectivity index (χ2v) is 8.67. The molecule has 4 radical (unpaired) electrons. The average molecular weight is 345 g/mol. The van der Waals surface area contributed by atoms with Gasteiger partial charge in [-0.3, -0.25) is 0 Å². The minimum atomic E-state index is -3.16. The minimum absolute atomic E-state index is 0.0732. The summed E-state index contributed by atoms with van der Waals surface area (Å²) in [6.07, 6.45) is 1.40. The molecule has 122 valence electrons. The van der Waals surface area contributed by atoms with Crippen LogP contribution >= 0.6 is 6.64 Å². The maximum Gasteiger partial charge on any atom is 0.259 e. The van der Waals surface area contributed by atoms with Crippen LogP contribution in [0.15, 0.2) is 0 Å². The van der Waals surface area contributed by atoms with Crippen LogP contribution in [0.25, 0.3) is 0 Å². The van der Waals surface area contributed by atoms with Gasteiger partial charge in [-0.2, -0.15) is 0 Å². The number of hydrogen-bond donors (Lipinski definition) is 2. The van der Waals surface area contributed by atoms with Crippen molar-refractivity contribution in [2.45, 2.75) is 62.5 Å². The van der Waals surface area contributed by atoms with Crippen molar-refractivity contribution in [2.75, 3.05) is 13.7 Å². The normalized spacial score (nSPS) is 41.6. The van der Waals surface area contributed by atoms with Gasteiger partial charge in [0.15, 0.2) is 0 Å². The van der Waals surface area contributed by atoms with Gasteiger partial charge in [0, 0.05) is 25.2 Å². The lowest BCUT2D eigenvalue weighted by Gasteiger charge is -2.26. The maximum absolute atomic E-state index is 10.3. The molecule has 0 aromatic carbocycles. The first kappa shape index (κ1) is 18.9. The van der Waals surface area contributed by atoms with Crippen LogP contribution in [-0.4, -0.2) is 70.7 Å². The van der Waals surface area contributed by atoms with Crippen LogP contribution in [0.5, 0.6) is 0 Å². The predicted molar refractivity (Wildman–Crippen MR) is 88.5 cm³/mol. The third kappa shape index (κ3) is 5.02. The van der Waals surface area contributed by atoms with Crippen molar-refractivity contribution in [3.63, 3.8) is 0 Å². The first-order chi connectivity index (χ1) is 10.3. The van der Waals surface area contributed by atoms with Crippen LogP contribution in [0.1, 0.15) is 26.2 Å². The Labute approximate surface area is 139 Å². The zero-order chi connectivity index (χ0) is 16.3. The third-order valence-electron chi connectivity index (χ3n) is 3.96. The van der Waals surface area contributed by atoms with Crippen LogP contribution in [0, 0.1) is 0 Å². The standard InChI is InChI=1S/C12H22B2NO5PS/c1-3-8-7(4-11(13)19-8)15-21(16,22)18-6-10-9(17-2)5-12(14)20-10/h7-12H,3-6H2,1-2H3,(H2,15,16,22)/t7-,8-,9-,10-,11-,12-,21?/m1/s1. The van der Waals surface area contributed by atoms with E-state index < -0.39 is 6.64 Å². The van der Waals surface area contributed by atoms with E-state index in [9.17, 15) is 4.89 Å². The Balaban J connectivity index is 1.84. The summed E-state index contributed by atoms with van der Waals surface area (Å²) in [7, 11) is 13.1. The molecule has 2 heterocycles. The molecule has 0 aromatic rings.